The summed E-state index contributed by atoms with van der Waals surface area (Å²) in [6.45, 7) is 3.66. The Balaban J connectivity index is 2.45. The van der Waals surface area contributed by atoms with Crippen molar-refractivity contribution in [3.05, 3.63) is 34.3 Å². The first kappa shape index (κ1) is 5.87. The van der Waals surface area contributed by atoms with Gasteiger partial charge in [-0.3, -0.25) is 0 Å². The predicted molar refractivity (Wildman–Crippen MR) is 40.6 cm³/mol. The fourth-order valence-corrected chi connectivity index (χ4v) is 2.40. The number of rotatable bonds is 2. The van der Waals surface area contributed by atoms with Crippen LogP contribution in [0.2, 0.25) is 0 Å². The third-order valence-corrected chi connectivity index (χ3v) is 2.92. The van der Waals surface area contributed by atoms with Crippen LogP contribution in [-0.4, -0.2) is 15.0 Å². The molecule has 0 unspecified atom stereocenters. The fourth-order valence-electron chi connectivity index (χ4n) is 0.652. The molecule has 44 valence electrons. The van der Waals surface area contributed by atoms with Crippen LogP contribution in [0.4, 0.5) is 0 Å². The van der Waals surface area contributed by atoms with Gasteiger partial charge in [0.25, 0.3) is 0 Å². The van der Waals surface area contributed by atoms with Gasteiger partial charge in [-0.15, -0.1) is 0 Å². The average molecular weight is 173 g/mol. The number of allylic oxidation sites excluding steroid dienone is 3. The van der Waals surface area contributed by atoms with E-state index in [1.165, 1.54) is 5.57 Å². The molecule has 0 atom stereocenters. The molecule has 0 aromatic carbocycles. The predicted octanol–water partition coefficient (Wildman–Crippen LogP) is 1.14. The summed E-state index contributed by atoms with van der Waals surface area (Å²) in [6, 6.07) is 0. The molecular formula is C7H10Se. The van der Waals surface area contributed by atoms with E-state index in [1.54, 1.807) is 0 Å². The van der Waals surface area contributed by atoms with Gasteiger partial charge in [-0.2, -0.15) is 0 Å². The molecule has 0 nitrogen and oxygen atoms in total. The molecule has 0 fully saturated rings. The Morgan fingerprint density at radius 3 is 3.12 bits per heavy atom. The van der Waals surface area contributed by atoms with Crippen molar-refractivity contribution in [2.24, 2.45) is 0 Å². The van der Waals surface area contributed by atoms with Crippen molar-refractivity contribution in [1.82, 2.24) is 0 Å². The molecule has 0 saturated carbocycles. The standard InChI is InChI=1S/C7H10Se/c1-2-3-7-4-5-8-6-7/h2,4-6H,1,3,8H2. The SMILES string of the molecule is C=CCC1=C[SeH2]C=C1. The van der Waals surface area contributed by atoms with Crippen molar-refractivity contribution in [2.45, 2.75) is 6.42 Å². The van der Waals surface area contributed by atoms with E-state index in [-0.39, 0.29) is 15.0 Å². The molecule has 0 radical (unpaired) electrons. The Hall–Kier alpha value is -0.261. The van der Waals surface area contributed by atoms with Crippen molar-refractivity contribution in [3.8, 4) is 0 Å². The molecule has 0 aromatic rings. The van der Waals surface area contributed by atoms with Crippen LogP contribution in [-0.2, 0) is 0 Å². The van der Waals surface area contributed by atoms with Crippen LogP contribution in [0.25, 0.3) is 0 Å². The van der Waals surface area contributed by atoms with Gasteiger partial charge in [-0.1, -0.05) is 0 Å². The van der Waals surface area contributed by atoms with Crippen LogP contribution in [0.5, 0.6) is 0 Å². The van der Waals surface area contributed by atoms with Gasteiger partial charge >= 0.3 is 55.6 Å². The molecule has 1 aliphatic heterocycles. The van der Waals surface area contributed by atoms with Crippen molar-refractivity contribution in [1.29, 1.82) is 0 Å². The molecule has 0 aromatic heterocycles. The third kappa shape index (κ3) is 1.36. The van der Waals surface area contributed by atoms with Gasteiger partial charge in [0.1, 0.15) is 0 Å². The third-order valence-electron chi connectivity index (χ3n) is 1.04. The van der Waals surface area contributed by atoms with Crippen molar-refractivity contribution in [3.63, 3.8) is 0 Å². The van der Waals surface area contributed by atoms with E-state index in [4.69, 9.17) is 0 Å². The summed E-state index contributed by atoms with van der Waals surface area (Å²) in [4.78, 5) is 4.64. The van der Waals surface area contributed by atoms with Crippen molar-refractivity contribution < 1.29 is 0 Å². The molecular weight excluding hydrogens is 163 g/mol. The maximum absolute atomic E-state index is 3.66. The Kier molecular flexibility index (Phi) is 2.13. The summed E-state index contributed by atoms with van der Waals surface area (Å²) in [5, 5.41) is 0. The van der Waals surface area contributed by atoms with Gasteiger partial charge in [-0.05, 0) is 0 Å². The first-order chi connectivity index (χ1) is 3.93. The van der Waals surface area contributed by atoms with E-state index in [0.29, 0.717) is 0 Å². The quantitative estimate of drug-likeness (QED) is 0.434. The Morgan fingerprint density at radius 2 is 2.62 bits per heavy atom. The minimum atomic E-state index is 0.188. The van der Waals surface area contributed by atoms with Gasteiger partial charge in [0, 0.05) is 0 Å². The molecule has 0 amide bonds. The zero-order valence-corrected chi connectivity index (χ0v) is 6.82. The van der Waals surface area contributed by atoms with Crippen LogP contribution in [0.3, 0.4) is 0 Å². The second-order valence-corrected chi connectivity index (χ2v) is 3.72. The Labute approximate surface area is 56.1 Å². The average Bonchev–Trinajstić information content (AvgIpc) is 2.19. The van der Waals surface area contributed by atoms with E-state index < -0.39 is 0 Å². The molecule has 0 bridgehead atoms. The molecule has 0 saturated heterocycles. The van der Waals surface area contributed by atoms with Crippen molar-refractivity contribution in [2.75, 3.05) is 0 Å². The van der Waals surface area contributed by atoms with Gasteiger partial charge in [0.05, 0.1) is 0 Å². The zero-order chi connectivity index (χ0) is 5.82. The minimum absolute atomic E-state index is 0.188. The maximum atomic E-state index is 3.66. The molecule has 1 rings (SSSR count). The molecule has 1 aliphatic rings. The van der Waals surface area contributed by atoms with Gasteiger partial charge < -0.3 is 0 Å². The summed E-state index contributed by atoms with van der Waals surface area (Å²) in [6.07, 6.45) is 5.22. The normalized spacial score (nSPS) is 21.2. The Morgan fingerprint density at radius 1 is 1.75 bits per heavy atom. The van der Waals surface area contributed by atoms with Crippen LogP contribution < -0.4 is 0 Å². The zero-order valence-electron chi connectivity index (χ0n) is 4.72. The van der Waals surface area contributed by atoms with Gasteiger partial charge in [0.15, 0.2) is 0 Å². The number of hydrogen-bond acceptors (Lipinski definition) is 0. The van der Waals surface area contributed by atoms with Gasteiger partial charge in [-0.25, -0.2) is 0 Å². The van der Waals surface area contributed by atoms with Crippen LogP contribution in [0.15, 0.2) is 34.3 Å². The summed E-state index contributed by atoms with van der Waals surface area (Å²) in [5.41, 5.74) is 1.46. The first-order valence-electron chi connectivity index (χ1n) is 2.66. The first-order valence-corrected chi connectivity index (χ1v) is 5.08. The number of hydrogen-bond donors (Lipinski definition) is 0. The summed E-state index contributed by atoms with van der Waals surface area (Å²) < 4.78 is 0. The molecule has 0 spiro atoms. The van der Waals surface area contributed by atoms with Crippen molar-refractivity contribution >= 4 is 15.0 Å². The molecule has 0 N–H and O–H groups in total. The van der Waals surface area contributed by atoms with Crippen LogP contribution in [0, 0.1) is 0 Å². The summed E-state index contributed by atoms with van der Waals surface area (Å²) in [7, 11) is 0. The second kappa shape index (κ2) is 2.91. The van der Waals surface area contributed by atoms with E-state index in [0.717, 1.165) is 6.42 Å². The Bertz CT molecular complexity index is 142. The van der Waals surface area contributed by atoms with E-state index in [2.05, 4.69) is 22.6 Å². The fraction of sp³-hybridized carbons (Fsp3) is 0.143. The summed E-state index contributed by atoms with van der Waals surface area (Å²) in [5.74, 6) is 0. The molecule has 8 heavy (non-hydrogen) atoms. The van der Waals surface area contributed by atoms with Gasteiger partial charge in [0.2, 0.25) is 0 Å². The molecule has 0 aliphatic carbocycles. The van der Waals surface area contributed by atoms with E-state index in [9.17, 15) is 0 Å². The van der Waals surface area contributed by atoms with E-state index in [1.807, 2.05) is 6.08 Å². The summed E-state index contributed by atoms with van der Waals surface area (Å²) >= 11 is 0.188. The van der Waals surface area contributed by atoms with Crippen LogP contribution >= 0.6 is 0 Å². The monoisotopic (exact) mass is 174 g/mol. The topological polar surface area (TPSA) is 0 Å². The van der Waals surface area contributed by atoms with Crippen LogP contribution in [0.1, 0.15) is 6.42 Å². The molecule has 1 heterocycles. The van der Waals surface area contributed by atoms with E-state index >= 15 is 0 Å². The second-order valence-electron chi connectivity index (χ2n) is 1.71. The molecule has 1 heteroatoms.